The van der Waals surface area contributed by atoms with Gasteiger partial charge in [-0.15, -0.1) is 5.06 Å². The van der Waals surface area contributed by atoms with Crippen molar-refractivity contribution in [2.24, 2.45) is 11.6 Å². The van der Waals surface area contributed by atoms with Gasteiger partial charge in [-0.05, 0) is 31.3 Å². The first kappa shape index (κ1) is 30.6. The lowest BCUT2D eigenvalue weighted by molar-refractivity contribution is -0.167. The zero-order chi connectivity index (χ0) is 24.8. The maximum Gasteiger partial charge on any atom is 0.285 e. The highest BCUT2D eigenvalue weighted by atomic mass is 28.3. The van der Waals surface area contributed by atoms with Crippen LogP contribution in [0.5, 0.6) is 0 Å². The second kappa shape index (κ2) is 15.4. The quantitative estimate of drug-likeness (QED) is 0.115. The molecule has 1 aromatic rings. The van der Waals surface area contributed by atoms with Crippen molar-refractivity contribution in [1.29, 1.82) is 0 Å². The second-order valence-electron chi connectivity index (χ2n) is 9.59. The molecule has 1 heterocycles. The molecule has 5 N–H and O–H groups in total. The summed E-state index contributed by atoms with van der Waals surface area (Å²) in [7, 11) is -0.368. The summed E-state index contributed by atoms with van der Waals surface area (Å²) in [5, 5.41) is 0.777. The highest BCUT2D eigenvalue weighted by molar-refractivity contribution is 6.76. The molecule has 11 heteroatoms. The smallest absolute Gasteiger partial charge is 0.285 e. The number of ether oxygens (including phenoxy) is 2. The molecule has 0 bridgehead atoms. The van der Waals surface area contributed by atoms with Crippen molar-refractivity contribution in [3.63, 3.8) is 0 Å². The van der Waals surface area contributed by atoms with Gasteiger partial charge in [0.15, 0.2) is 6.79 Å². The molecule has 0 radical (unpaired) electrons. The fourth-order valence-corrected chi connectivity index (χ4v) is 3.79. The SMILES string of the molecule is CNN.C[Si](C)(C)CCOCN.C[Si](C)(C)CCOCON1C(=O)c2ccccc2C1=O. The molecule has 0 saturated heterocycles. The molecule has 2 amide bonds. The second-order valence-corrected chi connectivity index (χ2v) is 20.8. The topological polar surface area (TPSA) is 129 Å². The van der Waals surface area contributed by atoms with E-state index in [2.05, 4.69) is 50.6 Å². The Morgan fingerprint density at radius 2 is 1.28 bits per heavy atom. The van der Waals surface area contributed by atoms with Gasteiger partial charge in [0.05, 0.1) is 17.9 Å². The Morgan fingerprint density at radius 3 is 1.66 bits per heavy atom. The fourth-order valence-electron chi connectivity index (χ4n) is 2.27. The predicted molar refractivity (Wildman–Crippen MR) is 133 cm³/mol. The molecule has 0 saturated carbocycles. The minimum absolute atomic E-state index is 0.0874. The van der Waals surface area contributed by atoms with E-state index in [1.807, 2.05) is 0 Å². The first-order valence-electron chi connectivity index (χ1n) is 10.7. The van der Waals surface area contributed by atoms with Gasteiger partial charge in [0.2, 0.25) is 0 Å². The van der Waals surface area contributed by atoms with Crippen LogP contribution < -0.4 is 17.0 Å². The molecule has 9 nitrogen and oxygen atoms in total. The van der Waals surface area contributed by atoms with Crippen LogP contribution in [0.4, 0.5) is 0 Å². The first-order valence-corrected chi connectivity index (χ1v) is 18.1. The third-order valence-electron chi connectivity index (χ3n) is 4.13. The lowest BCUT2D eigenvalue weighted by Gasteiger charge is -2.17. The van der Waals surface area contributed by atoms with Crippen LogP contribution in [0.25, 0.3) is 0 Å². The number of hydroxylamine groups is 2. The molecule has 1 aliphatic rings. The number of carbonyl (C=O) groups excluding carboxylic acids is 2. The standard InChI is InChI=1S/C14H19NO4Si.C6H17NOSi.CH6N2/c1-20(2,3)9-8-18-10-19-15-13(16)11-6-4-5-7-12(11)14(15)17;1-9(2,3)5-4-8-6-7;1-3-2/h4-7H,8-10H2,1-3H3;4-7H2,1-3H3;3H,2H2,1H3. The van der Waals surface area contributed by atoms with E-state index < -0.39 is 28.0 Å². The summed E-state index contributed by atoms with van der Waals surface area (Å²) in [6.45, 7) is 15.4. The Balaban J connectivity index is 0.000000672. The van der Waals surface area contributed by atoms with E-state index in [1.165, 1.54) is 6.04 Å². The molecule has 0 aromatic heterocycles. The number of imide groups is 1. The molecule has 0 spiro atoms. The number of amides is 2. The molecule has 0 aliphatic carbocycles. The van der Waals surface area contributed by atoms with Crippen LogP contribution in [0.1, 0.15) is 20.7 Å². The number of carbonyl (C=O) groups is 2. The van der Waals surface area contributed by atoms with E-state index in [-0.39, 0.29) is 6.79 Å². The van der Waals surface area contributed by atoms with Gasteiger partial charge in [0.1, 0.15) is 0 Å². The van der Waals surface area contributed by atoms with Crippen molar-refractivity contribution in [2.45, 2.75) is 51.4 Å². The number of hydrogen-bond donors (Lipinski definition) is 3. The van der Waals surface area contributed by atoms with Gasteiger partial charge in [-0.2, -0.15) is 0 Å². The number of fused-ring (bicyclic) bond motifs is 1. The van der Waals surface area contributed by atoms with Gasteiger partial charge in [-0.3, -0.25) is 20.9 Å². The fraction of sp³-hybridized carbons (Fsp3) is 0.619. The van der Waals surface area contributed by atoms with Crippen molar-refractivity contribution in [3.8, 4) is 0 Å². The van der Waals surface area contributed by atoms with Crippen molar-refractivity contribution >= 4 is 28.0 Å². The Morgan fingerprint density at radius 1 is 0.875 bits per heavy atom. The van der Waals surface area contributed by atoms with Crippen LogP contribution in [-0.4, -0.2) is 66.8 Å². The van der Waals surface area contributed by atoms with Crippen molar-refractivity contribution in [1.82, 2.24) is 10.5 Å². The van der Waals surface area contributed by atoms with Crippen LogP contribution in [0.3, 0.4) is 0 Å². The Hall–Kier alpha value is -1.45. The van der Waals surface area contributed by atoms with E-state index in [9.17, 15) is 9.59 Å². The number of hydrazine groups is 1. The van der Waals surface area contributed by atoms with E-state index in [1.54, 1.807) is 31.3 Å². The van der Waals surface area contributed by atoms with Crippen LogP contribution >= 0.6 is 0 Å². The first-order chi connectivity index (χ1) is 14.9. The minimum Gasteiger partial charge on any atom is -0.367 e. The lowest BCUT2D eigenvalue weighted by Crippen LogP contribution is -2.31. The Bertz CT molecular complexity index is 659. The lowest BCUT2D eigenvalue weighted by atomic mass is 10.1. The van der Waals surface area contributed by atoms with Gasteiger partial charge in [0.25, 0.3) is 11.8 Å². The molecular weight excluding hydrogens is 444 g/mol. The third-order valence-corrected chi connectivity index (χ3v) is 7.54. The van der Waals surface area contributed by atoms with Gasteiger partial charge in [-0.25, -0.2) is 4.84 Å². The highest BCUT2D eigenvalue weighted by Gasteiger charge is 2.36. The largest absolute Gasteiger partial charge is 0.367 e. The van der Waals surface area contributed by atoms with Gasteiger partial charge < -0.3 is 15.2 Å². The molecule has 0 atom stereocenters. The molecule has 184 valence electrons. The van der Waals surface area contributed by atoms with Crippen molar-refractivity contribution in [2.75, 3.05) is 33.8 Å². The summed E-state index contributed by atoms with van der Waals surface area (Å²) in [5.41, 5.74) is 8.15. The predicted octanol–water partition coefficient (Wildman–Crippen LogP) is 2.86. The van der Waals surface area contributed by atoms with E-state index in [4.69, 9.17) is 20.0 Å². The van der Waals surface area contributed by atoms with E-state index in [0.717, 1.165) is 17.7 Å². The number of hydrogen-bond acceptors (Lipinski definition) is 8. The summed E-state index contributed by atoms with van der Waals surface area (Å²) in [5.74, 6) is 3.73. The maximum absolute atomic E-state index is 12.0. The zero-order valence-electron chi connectivity index (χ0n) is 20.7. The monoisotopic (exact) mass is 486 g/mol. The molecule has 1 aliphatic heterocycles. The molecule has 32 heavy (non-hydrogen) atoms. The number of benzene rings is 1. The van der Waals surface area contributed by atoms with Gasteiger partial charge in [0, 0.05) is 29.4 Å². The molecule has 1 aromatic carbocycles. The Kier molecular flexibility index (Phi) is 14.7. The third kappa shape index (κ3) is 13.2. The van der Waals surface area contributed by atoms with Gasteiger partial charge in [-0.1, -0.05) is 51.4 Å². The minimum atomic E-state index is -1.15. The van der Waals surface area contributed by atoms with Crippen LogP contribution in [0.2, 0.25) is 51.4 Å². The average Bonchev–Trinajstić information content (AvgIpc) is 2.92. The number of rotatable bonds is 10. The Labute approximate surface area is 194 Å². The molecule has 0 fully saturated rings. The number of nitrogens with two attached hydrogens (primary N) is 2. The van der Waals surface area contributed by atoms with Gasteiger partial charge >= 0.3 is 0 Å². The summed E-state index contributed by atoms with van der Waals surface area (Å²) in [6, 6.07) is 8.90. The molecule has 0 unspecified atom stereocenters. The zero-order valence-corrected chi connectivity index (χ0v) is 22.7. The summed E-state index contributed by atoms with van der Waals surface area (Å²) < 4.78 is 10.4. The van der Waals surface area contributed by atoms with Crippen molar-refractivity contribution in [3.05, 3.63) is 35.4 Å². The number of nitrogens with one attached hydrogen (secondary N) is 1. The van der Waals surface area contributed by atoms with Crippen molar-refractivity contribution < 1.29 is 23.9 Å². The van der Waals surface area contributed by atoms with Crippen LogP contribution in [-0.2, 0) is 14.3 Å². The summed E-state index contributed by atoms with van der Waals surface area (Å²) in [6.07, 6.45) is 0. The average molecular weight is 487 g/mol. The van der Waals surface area contributed by atoms with Crippen LogP contribution in [0, 0.1) is 0 Å². The molecule has 2 rings (SSSR count). The van der Waals surface area contributed by atoms with E-state index in [0.29, 0.717) is 24.5 Å². The van der Waals surface area contributed by atoms with E-state index >= 15 is 0 Å². The maximum atomic E-state index is 12.0. The number of nitrogens with zero attached hydrogens (tertiary/aromatic N) is 1. The van der Waals surface area contributed by atoms with Crippen LogP contribution in [0.15, 0.2) is 24.3 Å². The summed E-state index contributed by atoms with van der Waals surface area (Å²) in [4.78, 5) is 29.1. The highest BCUT2D eigenvalue weighted by Crippen LogP contribution is 2.22. The molecular formula is C21H42N4O5Si2. The normalized spacial score (nSPS) is 13.2. The summed E-state index contributed by atoms with van der Waals surface area (Å²) >= 11 is 0.